The smallest absolute Gasteiger partial charge is 0.273 e. The summed E-state index contributed by atoms with van der Waals surface area (Å²) < 4.78 is 0. The Morgan fingerprint density at radius 2 is 1.75 bits per heavy atom. The molecule has 0 bridgehead atoms. The lowest BCUT2D eigenvalue weighted by Crippen LogP contribution is -2.48. The molecule has 0 aliphatic carbocycles. The number of aryl methyl sites for hydroxylation is 1. The first-order valence-electron chi connectivity index (χ1n) is 9.52. The average Bonchev–Trinajstić information content (AvgIpc) is 3.19. The van der Waals surface area contributed by atoms with Crippen molar-refractivity contribution >= 4 is 28.1 Å². The molecule has 2 heterocycles. The van der Waals surface area contributed by atoms with Crippen molar-refractivity contribution in [2.45, 2.75) is 13.5 Å². The van der Waals surface area contributed by atoms with Crippen LogP contribution < -0.4 is 5.32 Å². The normalized spacial score (nSPS) is 14.8. The lowest BCUT2D eigenvalue weighted by Gasteiger charge is -2.34. The van der Waals surface area contributed by atoms with Crippen LogP contribution in [0.5, 0.6) is 0 Å². The van der Waals surface area contributed by atoms with Crippen LogP contribution in [-0.4, -0.2) is 46.9 Å². The maximum absolute atomic E-state index is 12.8. The van der Waals surface area contributed by atoms with Gasteiger partial charge in [0, 0.05) is 43.8 Å². The third kappa shape index (κ3) is 4.58. The summed E-state index contributed by atoms with van der Waals surface area (Å²) in [6.45, 7) is 6.25. The number of carbonyl (C=O) groups is 1. The van der Waals surface area contributed by atoms with Gasteiger partial charge < -0.3 is 10.2 Å². The zero-order valence-corrected chi connectivity index (χ0v) is 16.8. The summed E-state index contributed by atoms with van der Waals surface area (Å²) in [6.07, 6.45) is 0. The van der Waals surface area contributed by atoms with Gasteiger partial charge in [0.05, 0.1) is 0 Å². The molecule has 1 aromatic heterocycles. The van der Waals surface area contributed by atoms with Crippen LogP contribution in [0.1, 0.15) is 21.6 Å². The number of hydrogen-bond donors (Lipinski definition) is 1. The van der Waals surface area contributed by atoms with Crippen LogP contribution >= 0.6 is 11.3 Å². The van der Waals surface area contributed by atoms with Crippen molar-refractivity contribution < 1.29 is 4.79 Å². The Balaban J connectivity index is 1.31. The van der Waals surface area contributed by atoms with Gasteiger partial charge in [0.2, 0.25) is 0 Å². The van der Waals surface area contributed by atoms with Crippen molar-refractivity contribution in [2.24, 2.45) is 0 Å². The fourth-order valence-corrected chi connectivity index (χ4v) is 4.01. The highest BCUT2D eigenvalue weighted by atomic mass is 32.1. The molecule has 1 aliphatic heterocycles. The van der Waals surface area contributed by atoms with E-state index in [1.165, 1.54) is 22.5 Å². The van der Waals surface area contributed by atoms with Crippen molar-refractivity contribution in [1.82, 2.24) is 14.8 Å². The molecule has 2 aromatic carbocycles. The molecule has 0 saturated carbocycles. The molecule has 3 aromatic rings. The summed E-state index contributed by atoms with van der Waals surface area (Å²) in [7, 11) is 0. The van der Waals surface area contributed by atoms with Gasteiger partial charge in [0.1, 0.15) is 5.69 Å². The molecule has 1 saturated heterocycles. The number of rotatable bonds is 5. The van der Waals surface area contributed by atoms with Crippen LogP contribution in [0.3, 0.4) is 0 Å². The lowest BCUT2D eigenvalue weighted by atomic mass is 10.2. The van der Waals surface area contributed by atoms with Gasteiger partial charge in [-0.1, -0.05) is 48.0 Å². The third-order valence-electron chi connectivity index (χ3n) is 4.93. The van der Waals surface area contributed by atoms with E-state index in [0.29, 0.717) is 5.69 Å². The van der Waals surface area contributed by atoms with E-state index in [1.807, 2.05) is 28.5 Å². The second-order valence-electron chi connectivity index (χ2n) is 7.08. The molecule has 0 atom stereocenters. The minimum atomic E-state index is 0.0209. The highest BCUT2D eigenvalue weighted by Crippen LogP contribution is 2.22. The number of thiazole rings is 1. The number of aromatic nitrogens is 1. The maximum atomic E-state index is 12.8. The largest absolute Gasteiger partial charge is 0.335 e. The monoisotopic (exact) mass is 392 g/mol. The second kappa shape index (κ2) is 8.54. The first-order chi connectivity index (χ1) is 13.7. The predicted molar refractivity (Wildman–Crippen MR) is 114 cm³/mol. The molecular formula is C22H24N4OS. The molecule has 28 heavy (non-hydrogen) atoms. The number of piperazine rings is 1. The van der Waals surface area contributed by atoms with E-state index in [0.717, 1.165) is 43.5 Å². The van der Waals surface area contributed by atoms with Gasteiger partial charge in [0.15, 0.2) is 5.13 Å². The maximum Gasteiger partial charge on any atom is 0.273 e. The van der Waals surface area contributed by atoms with Crippen LogP contribution in [0.2, 0.25) is 0 Å². The minimum absolute atomic E-state index is 0.0209. The van der Waals surface area contributed by atoms with Crippen molar-refractivity contribution in [1.29, 1.82) is 0 Å². The molecule has 1 aliphatic rings. The Morgan fingerprint density at radius 3 is 2.46 bits per heavy atom. The number of carbonyl (C=O) groups excluding carboxylic acids is 1. The molecule has 6 heteroatoms. The first kappa shape index (κ1) is 18.7. The van der Waals surface area contributed by atoms with Crippen LogP contribution in [0, 0.1) is 6.92 Å². The highest BCUT2D eigenvalue weighted by Gasteiger charge is 2.23. The summed E-state index contributed by atoms with van der Waals surface area (Å²) in [5.74, 6) is 0.0209. The first-order valence-corrected chi connectivity index (χ1v) is 10.4. The predicted octanol–water partition coefficient (Wildman–Crippen LogP) is 4.15. The van der Waals surface area contributed by atoms with E-state index in [-0.39, 0.29) is 5.91 Å². The van der Waals surface area contributed by atoms with Gasteiger partial charge in [-0.15, -0.1) is 11.3 Å². The van der Waals surface area contributed by atoms with Gasteiger partial charge in [-0.05, 0) is 24.6 Å². The molecule has 0 radical (unpaired) electrons. The summed E-state index contributed by atoms with van der Waals surface area (Å²) in [5.41, 5.74) is 4.03. The number of benzene rings is 2. The summed E-state index contributed by atoms with van der Waals surface area (Å²) in [5, 5.41) is 5.86. The van der Waals surface area contributed by atoms with E-state index < -0.39 is 0 Å². The number of hydrogen-bond acceptors (Lipinski definition) is 5. The molecule has 1 amide bonds. The van der Waals surface area contributed by atoms with E-state index in [1.54, 1.807) is 0 Å². The van der Waals surface area contributed by atoms with E-state index in [2.05, 4.69) is 58.5 Å². The molecule has 0 spiro atoms. The zero-order valence-electron chi connectivity index (χ0n) is 16.0. The van der Waals surface area contributed by atoms with Crippen molar-refractivity contribution in [3.8, 4) is 0 Å². The van der Waals surface area contributed by atoms with Gasteiger partial charge in [-0.3, -0.25) is 9.69 Å². The quantitative estimate of drug-likeness (QED) is 0.709. The average molecular weight is 393 g/mol. The SMILES string of the molecule is Cc1ccc(Nc2nc(C(=O)N3CCN(Cc4ccccc4)CC3)cs2)cc1. The van der Waals surface area contributed by atoms with E-state index in [9.17, 15) is 4.79 Å². The zero-order chi connectivity index (χ0) is 19.3. The molecule has 144 valence electrons. The van der Waals surface area contributed by atoms with Crippen LogP contribution in [0.4, 0.5) is 10.8 Å². The Hall–Kier alpha value is -2.70. The fraction of sp³-hybridized carbons (Fsp3) is 0.273. The lowest BCUT2D eigenvalue weighted by molar-refractivity contribution is 0.0623. The van der Waals surface area contributed by atoms with Crippen molar-refractivity contribution in [2.75, 3.05) is 31.5 Å². The van der Waals surface area contributed by atoms with Gasteiger partial charge in [-0.2, -0.15) is 0 Å². The number of nitrogens with one attached hydrogen (secondary N) is 1. The highest BCUT2D eigenvalue weighted by molar-refractivity contribution is 7.14. The van der Waals surface area contributed by atoms with Crippen LogP contribution in [0.15, 0.2) is 60.0 Å². The van der Waals surface area contributed by atoms with E-state index in [4.69, 9.17) is 0 Å². The van der Waals surface area contributed by atoms with Crippen LogP contribution in [0.25, 0.3) is 0 Å². The summed E-state index contributed by atoms with van der Waals surface area (Å²) >= 11 is 1.46. The molecular weight excluding hydrogens is 368 g/mol. The fourth-order valence-electron chi connectivity index (χ4n) is 3.30. The third-order valence-corrected chi connectivity index (χ3v) is 5.69. The van der Waals surface area contributed by atoms with Gasteiger partial charge >= 0.3 is 0 Å². The topological polar surface area (TPSA) is 48.5 Å². The number of anilines is 2. The molecule has 5 nitrogen and oxygen atoms in total. The summed E-state index contributed by atoms with van der Waals surface area (Å²) in [6, 6.07) is 18.6. The van der Waals surface area contributed by atoms with Gasteiger partial charge in [-0.25, -0.2) is 4.98 Å². The van der Waals surface area contributed by atoms with E-state index >= 15 is 0 Å². The molecule has 1 N–H and O–H groups in total. The summed E-state index contributed by atoms with van der Waals surface area (Å²) in [4.78, 5) is 21.6. The minimum Gasteiger partial charge on any atom is -0.335 e. The Morgan fingerprint density at radius 1 is 1.04 bits per heavy atom. The number of amides is 1. The molecule has 0 unspecified atom stereocenters. The Kier molecular flexibility index (Phi) is 5.69. The standard InChI is InChI=1S/C22H24N4OS/c1-17-7-9-19(10-8-17)23-22-24-20(16-28-22)21(27)26-13-11-25(12-14-26)15-18-5-3-2-4-6-18/h2-10,16H,11-15H2,1H3,(H,23,24). The van der Waals surface area contributed by atoms with Crippen LogP contribution in [-0.2, 0) is 6.54 Å². The molecule has 4 rings (SSSR count). The second-order valence-corrected chi connectivity index (χ2v) is 7.94. The number of nitrogens with zero attached hydrogens (tertiary/aromatic N) is 3. The Bertz CT molecular complexity index is 915. The van der Waals surface area contributed by atoms with Crippen molar-refractivity contribution in [3.05, 3.63) is 76.8 Å². The molecule has 1 fully saturated rings. The van der Waals surface area contributed by atoms with Crippen molar-refractivity contribution in [3.63, 3.8) is 0 Å². The Labute approximate surface area is 169 Å². The van der Waals surface area contributed by atoms with Gasteiger partial charge in [0.25, 0.3) is 5.91 Å².